The summed E-state index contributed by atoms with van der Waals surface area (Å²) in [6.45, 7) is 7.85. The number of rotatable bonds is 6. The van der Waals surface area contributed by atoms with Gasteiger partial charge in [-0.05, 0) is 55.2 Å². The van der Waals surface area contributed by atoms with Gasteiger partial charge in [0.15, 0.2) is 5.96 Å². The Morgan fingerprint density at radius 1 is 1.12 bits per heavy atom. The minimum Gasteiger partial charge on any atom is -0.439 e. The van der Waals surface area contributed by atoms with Crippen LogP contribution < -0.4 is 15.4 Å². The maximum atomic E-state index is 5.87. The van der Waals surface area contributed by atoms with Gasteiger partial charge in [0.1, 0.15) is 5.75 Å². The molecule has 1 aromatic heterocycles. The molecule has 0 saturated carbocycles. The van der Waals surface area contributed by atoms with E-state index in [1.54, 1.807) is 13.2 Å². The molecule has 0 saturated heterocycles. The molecule has 1 heterocycles. The molecule has 0 aliphatic carbocycles. The molecule has 5 nitrogen and oxygen atoms in total. The first kappa shape index (κ1) is 21.2. The minimum absolute atomic E-state index is 0. The van der Waals surface area contributed by atoms with E-state index < -0.39 is 0 Å². The number of aliphatic imine (C=N–C) groups is 1. The van der Waals surface area contributed by atoms with E-state index in [1.165, 1.54) is 11.1 Å². The molecular weight excluding hydrogens is 427 g/mol. The number of hydrogen-bond donors (Lipinski definition) is 2. The van der Waals surface area contributed by atoms with Gasteiger partial charge < -0.3 is 15.4 Å². The fraction of sp³-hybridized carbons (Fsp3) is 0.368. The van der Waals surface area contributed by atoms with Gasteiger partial charge in [0.05, 0.1) is 0 Å². The summed E-state index contributed by atoms with van der Waals surface area (Å²) in [6.07, 6.45) is 2.82. The van der Waals surface area contributed by atoms with E-state index in [4.69, 9.17) is 4.74 Å². The van der Waals surface area contributed by atoms with Crippen molar-refractivity contribution in [1.29, 1.82) is 0 Å². The number of nitrogens with one attached hydrogen (secondary N) is 2. The number of aromatic nitrogens is 1. The monoisotopic (exact) mass is 454 g/mol. The standard InChI is InChI=1S/C19H26N4O.HI/c1-5-9-22-19(20-4)23-13-16-8-10-21-18(12-16)24-17-7-6-14(2)15(3)11-17;/h6-8,10-12H,5,9,13H2,1-4H3,(H2,20,22,23);1H. The maximum absolute atomic E-state index is 5.87. The highest BCUT2D eigenvalue weighted by atomic mass is 127. The third-order valence-corrected chi connectivity index (χ3v) is 3.73. The van der Waals surface area contributed by atoms with E-state index in [0.717, 1.165) is 30.2 Å². The molecule has 0 fully saturated rings. The quantitative estimate of drug-likeness (QED) is 0.391. The third kappa shape index (κ3) is 6.89. The van der Waals surface area contributed by atoms with Gasteiger partial charge in [0.25, 0.3) is 0 Å². The first-order valence-electron chi connectivity index (χ1n) is 8.27. The molecule has 0 spiro atoms. The normalized spacial score (nSPS) is 10.8. The SMILES string of the molecule is CCCNC(=NC)NCc1ccnc(Oc2ccc(C)c(C)c2)c1.I. The van der Waals surface area contributed by atoms with Gasteiger partial charge in [-0.2, -0.15) is 0 Å². The first-order valence-corrected chi connectivity index (χ1v) is 8.27. The Morgan fingerprint density at radius 3 is 2.60 bits per heavy atom. The van der Waals surface area contributed by atoms with E-state index in [1.807, 2.05) is 24.3 Å². The lowest BCUT2D eigenvalue weighted by atomic mass is 10.1. The molecule has 2 rings (SSSR count). The van der Waals surface area contributed by atoms with Crippen LogP contribution in [-0.2, 0) is 6.54 Å². The Kier molecular flexibility index (Phi) is 9.26. The van der Waals surface area contributed by atoms with Crippen LogP contribution in [0.25, 0.3) is 0 Å². The van der Waals surface area contributed by atoms with E-state index in [-0.39, 0.29) is 24.0 Å². The summed E-state index contributed by atoms with van der Waals surface area (Å²) >= 11 is 0. The second-order valence-corrected chi connectivity index (χ2v) is 5.70. The summed E-state index contributed by atoms with van der Waals surface area (Å²) in [5, 5.41) is 6.53. The van der Waals surface area contributed by atoms with Crippen LogP contribution in [0.3, 0.4) is 0 Å². The van der Waals surface area contributed by atoms with Crippen molar-refractivity contribution in [3.8, 4) is 11.6 Å². The van der Waals surface area contributed by atoms with Gasteiger partial charge in [0.2, 0.25) is 5.88 Å². The van der Waals surface area contributed by atoms with E-state index in [2.05, 4.69) is 47.4 Å². The third-order valence-electron chi connectivity index (χ3n) is 3.73. The van der Waals surface area contributed by atoms with Gasteiger partial charge in [0, 0.05) is 32.4 Å². The summed E-state index contributed by atoms with van der Waals surface area (Å²) in [4.78, 5) is 8.48. The molecule has 6 heteroatoms. The van der Waals surface area contributed by atoms with E-state index in [0.29, 0.717) is 12.4 Å². The Hall–Kier alpha value is -1.83. The number of benzene rings is 1. The fourth-order valence-corrected chi connectivity index (χ4v) is 2.16. The first-order chi connectivity index (χ1) is 11.6. The largest absolute Gasteiger partial charge is 0.439 e. The second kappa shape index (κ2) is 10.9. The highest BCUT2D eigenvalue weighted by molar-refractivity contribution is 14.0. The fourth-order valence-electron chi connectivity index (χ4n) is 2.16. The Bertz CT molecular complexity index is 704. The van der Waals surface area contributed by atoms with Crippen LogP contribution in [0.4, 0.5) is 0 Å². The lowest BCUT2D eigenvalue weighted by Crippen LogP contribution is -2.37. The van der Waals surface area contributed by atoms with Crippen molar-refractivity contribution < 1.29 is 4.74 Å². The number of guanidine groups is 1. The molecule has 0 aliphatic rings. The zero-order chi connectivity index (χ0) is 17.4. The van der Waals surface area contributed by atoms with Crippen molar-refractivity contribution in [1.82, 2.24) is 15.6 Å². The van der Waals surface area contributed by atoms with E-state index >= 15 is 0 Å². The predicted octanol–water partition coefficient (Wildman–Crippen LogP) is 4.18. The van der Waals surface area contributed by atoms with Crippen molar-refractivity contribution in [3.05, 3.63) is 53.2 Å². The van der Waals surface area contributed by atoms with E-state index in [9.17, 15) is 0 Å². The van der Waals surface area contributed by atoms with Crippen LogP contribution in [0.5, 0.6) is 11.6 Å². The van der Waals surface area contributed by atoms with Crippen LogP contribution >= 0.6 is 24.0 Å². The molecule has 0 radical (unpaired) electrons. The van der Waals surface area contributed by atoms with Crippen LogP contribution in [0.1, 0.15) is 30.0 Å². The van der Waals surface area contributed by atoms with Crippen molar-refractivity contribution in [2.24, 2.45) is 4.99 Å². The smallest absolute Gasteiger partial charge is 0.219 e. The number of hydrogen-bond acceptors (Lipinski definition) is 3. The van der Waals surface area contributed by atoms with Crippen LogP contribution in [0, 0.1) is 13.8 Å². The average Bonchev–Trinajstić information content (AvgIpc) is 2.59. The van der Waals surface area contributed by atoms with Crippen molar-refractivity contribution >= 4 is 29.9 Å². The van der Waals surface area contributed by atoms with Gasteiger partial charge in [-0.15, -0.1) is 24.0 Å². The molecule has 25 heavy (non-hydrogen) atoms. The molecule has 0 unspecified atom stereocenters. The highest BCUT2D eigenvalue weighted by Gasteiger charge is 2.03. The van der Waals surface area contributed by atoms with Crippen LogP contribution in [0.2, 0.25) is 0 Å². The number of nitrogens with zero attached hydrogens (tertiary/aromatic N) is 2. The summed E-state index contributed by atoms with van der Waals surface area (Å²) in [7, 11) is 1.77. The number of ether oxygens (including phenoxy) is 1. The Labute approximate surface area is 167 Å². The molecule has 136 valence electrons. The molecule has 0 aliphatic heterocycles. The molecule has 2 aromatic rings. The maximum Gasteiger partial charge on any atom is 0.219 e. The minimum atomic E-state index is 0. The topological polar surface area (TPSA) is 58.5 Å². The summed E-state index contributed by atoms with van der Waals surface area (Å²) in [5.41, 5.74) is 3.54. The molecule has 2 N–H and O–H groups in total. The Morgan fingerprint density at radius 2 is 1.92 bits per heavy atom. The van der Waals surface area contributed by atoms with Crippen LogP contribution in [-0.4, -0.2) is 24.5 Å². The Balaban J connectivity index is 0.00000312. The van der Waals surface area contributed by atoms with Gasteiger partial charge >= 0.3 is 0 Å². The van der Waals surface area contributed by atoms with Crippen molar-refractivity contribution in [3.63, 3.8) is 0 Å². The molecule has 0 atom stereocenters. The zero-order valence-corrected chi connectivity index (χ0v) is 17.6. The number of pyridine rings is 1. The van der Waals surface area contributed by atoms with Gasteiger partial charge in [-0.3, -0.25) is 4.99 Å². The molecule has 1 aromatic carbocycles. The highest BCUT2D eigenvalue weighted by Crippen LogP contribution is 2.22. The van der Waals surface area contributed by atoms with Crippen LogP contribution in [0.15, 0.2) is 41.5 Å². The zero-order valence-electron chi connectivity index (χ0n) is 15.3. The van der Waals surface area contributed by atoms with Crippen molar-refractivity contribution in [2.45, 2.75) is 33.7 Å². The lowest BCUT2D eigenvalue weighted by Gasteiger charge is -2.12. The van der Waals surface area contributed by atoms with Crippen molar-refractivity contribution in [2.75, 3.05) is 13.6 Å². The summed E-state index contributed by atoms with van der Waals surface area (Å²) < 4.78 is 5.87. The molecular formula is C19H27IN4O. The predicted molar refractivity (Wildman–Crippen MR) is 114 cm³/mol. The lowest BCUT2D eigenvalue weighted by molar-refractivity contribution is 0.461. The van der Waals surface area contributed by atoms with Gasteiger partial charge in [-0.25, -0.2) is 4.98 Å². The molecule has 0 bridgehead atoms. The summed E-state index contributed by atoms with van der Waals surface area (Å²) in [5.74, 6) is 2.19. The number of aryl methyl sites for hydroxylation is 2. The summed E-state index contributed by atoms with van der Waals surface area (Å²) in [6, 6.07) is 9.95. The van der Waals surface area contributed by atoms with Gasteiger partial charge in [-0.1, -0.05) is 13.0 Å². The molecule has 0 amide bonds. The second-order valence-electron chi connectivity index (χ2n) is 5.70. The number of halogens is 1. The average molecular weight is 454 g/mol.